The molecule has 144 valence electrons. The number of ether oxygens (including phenoxy) is 1. The molecule has 1 atom stereocenters. The molecule has 1 heterocycles. The largest absolute Gasteiger partial charge is 0.673 e. The standard InChI is InChI=1S/C18H17O3S.BF4/c1-20-13-10-16(15-8-9-21-18(15)11-13)17(19)12-22(2)14-6-4-3-5-7-14;2-1(3,4)5/h3-11H,12H2,1-2H3;/q+1;-1. The van der Waals surface area contributed by atoms with E-state index >= 15 is 0 Å². The van der Waals surface area contributed by atoms with Crippen LogP contribution in [0, 0.1) is 0 Å². The Morgan fingerprint density at radius 1 is 1.11 bits per heavy atom. The number of rotatable bonds is 5. The second-order valence-electron chi connectivity index (χ2n) is 5.52. The fourth-order valence-electron chi connectivity index (χ4n) is 2.41. The molecule has 9 heteroatoms. The summed E-state index contributed by atoms with van der Waals surface area (Å²) in [4.78, 5) is 13.9. The molecule has 0 saturated carbocycles. The number of Topliss-reactive ketones (excluding diaryl/α,β-unsaturated/α-hetero) is 1. The summed E-state index contributed by atoms with van der Waals surface area (Å²) in [6, 6.07) is 15.5. The van der Waals surface area contributed by atoms with Crippen LogP contribution < -0.4 is 4.74 Å². The number of methoxy groups -OCH3 is 1. The molecule has 0 saturated heterocycles. The Hall–Kier alpha value is -2.42. The first-order valence-corrected chi connectivity index (χ1v) is 9.62. The zero-order chi connectivity index (χ0) is 20.0. The first-order valence-electron chi connectivity index (χ1n) is 7.82. The van der Waals surface area contributed by atoms with E-state index < -0.39 is 7.25 Å². The fraction of sp³-hybridized carbons (Fsp3) is 0.167. The maximum Gasteiger partial charge on any atom is 0.673 e. The molecular formula is C18H17BF4O3S. The quantitative estimate of drug-likeness (QED) is 0.255. The van der Waals surface area contributed by atoms with Crippen molar-refractivity contribution in [3.8, 4) is 5.75 Å². The van der Waals surface area contributed by atoms with Gasteiger partial charge >= 0.3 is 7.25 Å². The number of hydrogen-bond acceptors (Lipinski definition) is 3. The van der Waals surface area contributed by atoms with Gasteiger partial charge in [0.25, 0.3) is 0 Å². The average Bonchev–Trinajstić information content (AvgIpc) is 3.08. The van der Waals surface area contributed by atoms with E-state index in [1.165, 1.54) is 4.90 Å². The molecular weight excluding hydrogens is 383 g/mol. The number of benzene rings is 2. The first kappa shape index (κ1) is 20.9. The van der Waals surface area contributed by atoms with Crippen molar-refractivity contribution in [2.45, 2.75) is 4.90 Å². The minimum absolute atomic E-state index is 0.111. The Balaban J connectivity index is 0.000000465. The molecule has 0 fully saturated rings. The highest BCUT2D eigenvalue weighted by Crippen LogP contribution is 2.27. The van der Waals surface area contributed by atoms with Crippen LogP contribution in [0.5, 0.6) is 5.75 Å². The Morgan fingerprint density at radius 3 is 2.33 bits per heavy atom. The molecule has 0 spiro atoms. The average molecular weight is 400 g/mol. The van der Waals surface area contributed by atoms with Crippen LogP contribution in [0.4, 0.5) is 17.3 Å². The van der Waals surface area contributed by atoms with Crippen molar-refractivity contribution in [1.82, 2.24) is 0 Å². The molecule has 0 bridgehead atoms. The van der Waals surface area contributed by atoms with Crippen molar-refractivity contribution in [3.63, 3.8) is 0 Å². The summed E-state index contributed by atoms with van der Waals surface area (Å²) in [7, 11) is -4.53. The van der Waals surface area contributed by atoms with Gasteiger partial charge in [-0.3, -0.25) is 4.79 Å². The van der Waals surface area contributed by atoms with Gasteiger partial charge in [-0.1, -0.05) is 18.2 Å². The molecule has 3 aromatic rings. The van der Waals surface area contributed by atoms with Gasteiger partial charge in [-0.05, 0) is 24.3 Å². The normalized spacial score (nSPS) is 12.2. The van der Waals surface area contributed by atoms with Gasteiger partial charge in [0.15, 0.2) is 10.6 Å². The van der Waals surface area contributed by atoms with Gasteiger partial charge in [0.05, 0.1) is 13.4 Å². The highest BCUT2D eigenvalue weighted by atomic mass is 32.2. The summed E-state index contributed by atoms with van der Waals surface area (Å²) in [6.45, 7) is 0. The van der Waals surface area contributed by atoms with Crippen molar-refractivity contribution in [3.05, 3.63) is 60.4 Å². The second-order valence-corrected chi connectivity index (χ2v) is 7.55. The van der Waals surface area contributed by atoms with Crippen molar-refractivity contribution in [2.75, 3.05) is 19.1 Å². The van der Waals surface area contributed by atoms with Gasteiger partial charge in [0.1, 0.15) is 17.6 Å². The van der Waals surface area contributed by atoms with Crippen molar-refractivity contribution < 1.29 is 31.2 Å². The molecule has 2 aromatic carbocycles. The molecule has 0 aliphatic rings. The maximum atomic E-state index is 12.7. The highest BCUT2D eigenvalue weighted by Gasteiger charge is 2.23. The van der Waals surface area contributed by atoms with Crippen LogP contribution in [-0.2, 0) is 10.9 Å². The molecule has 0 aliphatic heterocycles. The van der Waals surface area contributed by atoms with Gasteiger partial charge in [-0.15, -0.1) is 0 Å². The van der Waals surface area contributed by atoms with E-state index in [-0.39, 0.29) is 16.7 Å². The van der Waals surface area contributed by atoms with Crippen LogP contribution in [0.2, 0.25) is 0 Å². The number of ketones is 1. The van der Waals surface area contributed by atoms with Crippen LogP contribution in [0.25, 0.3) is 11.0 Å². The van der Waals surface area contributed by atoms with E-state index in [0.29, 0.717) is 22.6 Å². The zero-order valence-corrected chi connectivity index (χ0v) is 15.4. The van der Waals surface area contributed by atoms with Gasteiger partial charge in [-0.2, -0.15) is 0 Å². The molecule has 0 N–H and O–H groups in total. The van der Waals surface area contributed by atoms with Gasteiger partial charge in [0, 0.05) is 27.9 Å². The van der Waals surface area contributed by atoms with E-state index in [9.17, 15) is 22.1 Å². The monoisotopic (exact) mass is 400 g/mol. The number of hydrogen-bond donors (Lipinski definition) is 0. The summed E-state index contributed by atoms with van der Waals surface area (Å²) < 4.78 is 49.7. The predicted molar refractivity (Wildman–Crippen MR) is 100 cm³/mol. The molecule has 0 radical (unpaired) electrons. The highest BCUT2D eigenvalue weighted by molar-refractivity contribution is 7.96. The number of halogens is 4. The van der Waals surface area contributed by atoms with E-state index in [4.69, 9.17) is 9.15 Å². The smallest absolute Gasteiger partial charge is 0.497 e. The summed E-state index contributed by atoms with van der Waals surface area (Å²) in [5.74, 6) is 1.23. The second kappa shape index (κ2) is 8.99. The van der Waals surface area contributed by atoms with E-state index in [0.717, 1.165) is 5.39 Å². The third-order valence-electron chi connectivity index (χ3n) is 3.57. The zero-order valence-electron chi connectivity index (χ0n) is 14.6. The Morgan fingerprint density at radius 2 is 1.74 bits per heavy atom. The summed E-state index contributed by atoms with van der Waals surface area (Å²) in [6.07, 6.45) is 3.70. The third kappa shape index (κ3) is 6.35. The molecule has 1 unspecified atom stereocenters. The fourth-order valence-corrected chi connectivity index (χ4v) is 3.74. The Kier molecular flexibility index (Phi) is 6.95. The molecule has 1 aromatic heterocycles. The van der Waals surface area contributed by atoms with E-state index in [1.807, 2.05) is 24.3 Å². The van der Waals surface area contributed by atoms with Crippen LogP contribution in [0.15, 0.2) is 64.1 Å². The number of carbonyl (C=O) groups is 1. The van der Waals surface area contributed by atoms with Crippen molar-refractivity contribution in [1.29, 1.82) is 0 Å². The summed E-state index contributed by atoms with van der Waals surface area (Å²) in [5, 5.41) is 0.843. The lowest BCUT2D eigenvalue weighted by atomic mass is 10.1. The minimum atomic E-state index is -6.00. The topological polar surface area (TPSA) is 39.4 Å². The van der Waals surface area contributed by atoms with E-state index in [2.05, 4.69) is 18.4 Å². The number of carbonyl (C=O) groups excluding carboxylic acids is 1. The Bertz CT molecular complexity index is 891. The number of fused-ring (bicyclic) bond motifs is 1. The van der Waals surface area contributed by atoms with Crippen LogP contribution >= 0.6 is 0 Å². The number of furan rings is 1. The van der Waals surface area contributed by atoms with Crippen LogP contribution in [0.1, 0.15) is 10.4 Å². The van der Waals surface area contributed by atoms with E-state index in [1.54, 1.807) is 25.5 Å². The molecule has 0 amide bonds. The Labute approximate surface area is 156 Å². The molecule has 0 aliphatic carbocycles. The van der Waals surface area contributed by atoms with Gasteiger partial charge in [-0.25, -0.2) is 0 Å². The van der Waals surface area contributed by atoms with Crippen molar-refractivity contribution >= 4 is 34.9 Å². The van der Waals surface area contributed by atoms with Crippen LogP contribution in [-0.4, -0.2) is 32.2 Å². The predicted octanol–water partition coefficient (Wildman–Crippen LogP) is 5.23. The maximum absolute atomic E-state index is 12.7. The van der Waals surface area contributed by atoms with Crippen molar-refractivity contribution in [2.24, 2.45) is 0 Å². The van der Waals surface area contributed by atoms with Gasteiger partial charge in [0.2, 0.25) is 5.78 Å². The lowest BCUT2D eigenvalue weighted by Gasteiger charge is -2.06. The van der Waals surface area contributed by atoms with Gasteiger partial charge < -0.3 is 26.4 Å². The van der Waals surface area contributed by atoms with Crippen LogP contribution in [0.3, 0.4) is 0 Å². The molecule has 3 nitrogen and oxygen atoms in total. The molecule has 27 heavy (non-hydrogen) atoms. The molecule has 3 rings (SSSR count). The SMILES string of the molecule is COc1cc(C(=O)C[S+](C)c2ccccc2)c2ccoc2c1.F[B-](F)(F)F. The summed E-state index contributed by atoms with van der Waals surface area (Å²) >= 11 is 0. The summed E-state index contributed by atoms with van der Waals surface area (Å²) in [5.41, 5.74) is 1.34. The lowest BCUT2D eigenvalue weighted by molar-refractivity contribution is 0.102. The third-order valence-corrected chi connectivity index (χ3v) is 5.35. The minimum Gasteiger partial charge on any atom is -0.497 e. The first-order chi connectivity index (χ1) is 12.7. The lowest BCUT2D eigenvalue weighted by Crippen LogP contribution is -2.16.